The zero-order valence-corrected chi connectivity index (χ0v) is 19.1. The molecule has 1 atom stereocenters. The zero-order chi connectivity index (χ0) is 23.5. The van der Waals surface area contributed by atoms with Crippen LogP contribution in [-0.2, 0) is 22.6 Å². The molecular weight excluding hydrogens is 414 g/mol. The number of imide groups is 1. The van der Waals surface area contributed by atoms with Gasteiger partial charge in [0.25, 0.3) is 11.8 Å². The lowest BCUT2D eigenvalue weighted by Crippen LogP contribution is -2.29. The second kappa shape index (κ2) is 9.41. The predicted octanol–water partition coefficient (Wildman–Crippen LogP) is 5.53. The first kappa shape index (κ1) is 22.5. The molecule has 0 aliphatic carbocycles. The summed E-state index contributed by atoms with van der Waals surface area (Å²) in [5.74, 6) is -0.830. The van der Waals surface area contributed by atoms with Gasteiger partial charge in [-0.05, 0) is 60.2 Å². The van der Waals surface area contributed by atoms with Crippen LogP contribution in [0.1, 0.15) is 64.1 Å². The summed E-state index contributed by atoms with van der Waals surface area (Å²) in [7, 11) is 0. The molecule has 3 aromatic carbocycles. The Balaban J connectivity index is 1.41. The summed E-state index contributed by atoms with van der Waals surface area (Å²) in [6.45, 7) is 6.25. The van der Waals surface area contributed by atoms with Gasteiger partial charge in [0.2, 0.25) is 0 Å². The molecule has 0 saturated heterocycles. The van der Waals surface area contributed by atoms with Crippen molar-refractivity contribution in [2.45, 2.75) is 39.7 Å². The molecule has 4 rings (SSSR count). The van der Waals surface area contributed by atoms with Gasteiger partial charge >= 0.3 is 5.97 Å². The van der Waals surface area contributed by atoms with E-state index in [0.29, 0.717) is 28.3 Å². The highest BCUT2D eigenvalue weighted by Gasteiger charge is 2.36. The van der Waals surface area contributed by atoms with Crippen molar-refractivity contribution in [3.63, 3.8) is 0 Å². The lowest BCUT2D eigenvalue weighted by atomic mass is 9.97. The predicted molar refractivity (Wildman–Crippen MR) is 127 cm³/mol. The van der Waals surface area contributed by atoms with Crippen LogP contribution in [0.15, 0.2) is 72.8 Å². The van der Waals surface area contributed by atoms with Gasteiger partial charge < -0.3 is 4.74 Å². The van der Waals surface area contributed by atoms with Crippen LogP contribution in [0.3, 0.4) is 0 Å². The minimum atomic E-state index is -0.391. The molecule has 1 aliphatic rings. The monoisotopic (exact) mass is 441 g/mol. The Morgan fingerprint density at radius 2 is 1.45 bits per heavy atom. The maximum absolute atomic E-state index is 12.7. The molecule has 0 fully saturated rings. The summed E-state index contributed by atoms with van der Waals surface area (Å²) < 4.78 is 5.54. The first-order valence-electron chi connectivity index (χ1n) is 11.2. The van der Waals surface area contributed by atoms with Gasteiger partial charge in [0.1, 0.15) is 6.61 Å². The quantitative estimate of drug-likeness (QED) is 0.357. The molecule has 0 spiro atoms. The SMILES string of the molecule is CC(C)Cc1ccc(C(C)C(=O)OCc2cccc(N3C(=O)c4ccccc4C3=O)c2)cc1. The van der Waals surface area contributed by atoms with E-state index < -0.39 is 5.92 Å². The fourth-order valence-corrected chi connectivity index (χ4v) is 4.04. The molecule has 0 N–H and O–H groups in total. The van der Waals surface area contributed by atoms with Gasteiger partial charge in [-0.15, -0.1) is 0 Å². The average Bonchev–Trinajstić information content (AvgIpc) is 3.07. The van der Waals surface area contributed by atoms with Gasteiger partial charge in [0.15, 0.2) is 0 Å². The van der Waals surface area contributed by atoms with Crippen molar-refractivity contribution in [3.05, 3.63) is 101 Å². The number of hydrogen-bond donors (Lipinski definition) is 0. The summed E-state index contributed by atoms with van der Waals surface area (Å²) in [5.41, 5.74) is 4.12. The molecule has 168 valence electrons. The fourth-order valence-electron chi connectivity index (χ4n) is 4.04. The van der Waals surface area contributed by atoms with Gasteiger partial charge in [-0.3, -0.25) is 14.4 Å². The number of benzene rings is 3. The van der Waals surface area contributed by atoms with Crippen LogP contribution in [0.5, 0.6) is 0 Å². The van der Waals surface area contributed by atoms with Gasteiger partial charge in [-0.2, -0.15) is 0 Å². The Morgan fingerprint density at radius 1 is 0.818 bits per heavy atom. The third-order valence-electron chi connectivity index (χ3n) is 5.82. The molecule has 5 heteroatoms. The minimum absolute atomic E-state index is 0.0611. The van der Waals surface area contributed by atoms with E-state index in [9.17, 15) is 14.4 Å². The van der Waals surface area contributed by atoms with Crippen molar-refractivity contribution in [2.75, 3.05) is 4.90 Å². The first-order chi connectivity index (χ1) is 15.8. The highest BCUT2D eigenvalue weighted by atomic mass is 16.5. The average molecular weight is 442 g/mol. The molecule has 1 heterocycles. The third-order valence-corrected chi connectivity index (χ3v) is 5.82. The number of rotatable bonds is 7. The van der Waals surface area contributed by atoms with Gasteiger partial charge in [0, 0.05) is 0 Å². The molecular formula is C28H27NO4. The molecule has 5 nitrogen and oxygen atoms in total. The molecule has 0 saturated carbocycles. The number of hydrogen-bond acceptors (Lipinski definition) is 4. The number of anilines is 1. The molecule has 2 amide bonds. The number of fused-ring (bicyclic) bond motifs is 1. The molecule has 0 bridgehead atoms. The second-order valence-electron chi connectivity index (χ2n) is 8.83. The van der Waals surface area contributed by atoms with E-state index >= 15 is 0 Å². The number of carbonyl (C=O) groups is 3. The van der Waals surface area contributed by atoms with Crippen molar-refractivity contribution in [3.8, 4) is 0 Å². The van der Waals surface area contributed by atoms with Crippen molar-refractivity contribution >= 4 is 23.5 Å². The Morgan fingerprint density at radius 3 is 2.06 bits per heavy atom. The molecule has 1 aliphatic heterocycles. The van der Waals surface area contributed by atoms with Crippen LogP contribution in [0.4, 0.5) is 5.69 Å². The lowest BCUT2D eigenvalue weighted by molar-refractivity contribution is -0.146. The summed E-state index contributed by atoms with van der Waals surface area (Å²) >= 11 is 0. The van der Waals surface area contributed by atoms with Crippen molar-refractivity contribution in [2.24, 2.45) is 5.92 Å². The summed E-state index contributed by atoms with van der Waals surface area (Å²) in [5, 5.41) is 0. The number of nitrogens with zero attached hydrogens (tertiary/aromatic N) is 1. The normalized spacial score (nSPS) is 13.9. The number of esters is 1. The molecule has 0 radical (unpaired) electrons. The van der Waals surface area contributed by atoms with Crippen LogP contribution >= 0.6 is 0 Å². The van der Waals surface area contributed by atoms with Crippen molar-refractivity contribution < 1.29 is 19.1 Å². The largest absolute Gasteiger partial charge is 0.460 e. The van der Waals surface area contributed by atoms with E-state index in [2.05, 4.69) is 26.0 Å². The lowest BCUT2D eigenvalue weighted by Gasteiger charge is -2.16. The number of carbonyl (C=O) groups excluding carboxylic acids is 3. The Hall–Kier alpha value is -3.73. The minimum Gasteiger partial charge on any atom is -0.460 e. The zero-order valence-electron chi connectivity index (χ0n) is 19.1. The fraction of sp³-hybridized carbons (Fsp3) is 0.250. The Bertz CT molecular complexity index is 1160. The first-order valence-corrected chi connectivity index (χ1v) is 11.2. The second-order valence-corrected chi connectivity index (χ2v) is 8.83. The van der Waals surface area contributed by atoms with E-state index in [1.54, 1.807) is 48.5 Å². The molecule has 3 aromatic rings. The maximum Gasteiger partial charge on any atom is 0.313 e. The topological polar surface area (TPSA) is 63.7 Å². The highest BCUT2D eigenvalue weighted by molar-refractivity contribution is 6.34. The van der Waals surface area contributed by atoms with Gasteiger partial charge in [-0.1, -0.05) is 62.4 Å². The van der Waals surface area contributed by atoms with E-state index in [1.807, 2.05) is 19.1 Å². The number of amides is 2. The highest BCUT2D eigenvalue weighted by Crippen LogP contribution is 2.29. The molecule has 33 heavy (non-hydrogen) atoms. The van der Waals surface area contributed by atoms with E-state index in [-0.39, 0.29) is 24.4 Å². The maximum atomic E-state index is 12.7. The van der Waals surface area contributed by atoms with Gasteiger partial charge in [0.05, 0.1) is 22.7 Å². The smallest absolute Gasteiger partial charge is 0.313 e. The van der Waals surface area contributed by atoms with Crippen LogP contribution < -0.4 is 4.90 Å². The van der Waals surface area contributed by atoms with Crippen LogP contribution in [0.25, 0.3) is 0 Å². The van der Waals surface area contributed by atoms with Gasteiger partial charge in [-0.25, -0.2) is 4.90 Å². The van der Waals surface area contributed by atoms with Crippen LogP contribution in [0, 0.1) is 5.92 Å². The number of ether oxygens (including phenoxy) is 1. The standard InChI is InChI=1S/C28H27NO4/c1-18(2)15-20-11-13-22(14-12-20)19(3)28(32)33-17-21-7-6-8-23(16-21)29-26(30)24-9-4-5-10-25(24)27(29)31/h4-14,16,18-19H,15,17H2,1-3H3. The van der Waals surface area contributed by atoms with E-state index in [4.69, 9.17) is 4.74 Å². The van der Waals surface area contributed by atoms with Crippen LogP contribution in [-0.4, -0.2) is 17.8 Å². The van der Waals surface area contributed by atoms with Crippen molar-refractivity contribution in [1.82, 2.24) is 0 Å². The third kappa shape index (κ3) is 4.72. The Labute approximate surface area is 194 Å². The van der Waals surface area contributed by atoms with E-state index in [0.717, 1.165) is 16.9 Å². The molecule has 0 aromatic heterocycles. The summed E-state index contributed by atoms with van der Waals surface area (Å²) in [6, 6.07) is 21.8. The van der Waals surface area contributed by atoms with Crippen LogP contribution in [0.2, 0.25) is 0 Å². The Kier molecular flexibility index (Phi) is 6.40. The van der Waals surface area contributed by atoms with E-state index in [1.165, 1.54) is 5.56 Å². The molecule has 1 unspecified atom stereocenters. The summed E-state index contributed by atoms with van der Waals surface area (Å²) in [6.07, 6.45) is 1.00. The summed E-state index contributed by atoms with van der Waals surface area (Å²) in [4.78, 5) is 39.3. The van der Waals surface area contributed by atoms with Crippen molar-refractivity contribution in [1.29, 1.82) is 0 Å².